The van der Waals surface area contributed by atoms with E-state index in [4.69, 9.17) is 0 Å². The van der Waals surface area contributed by atoms with Gasteiger partial charge in [-0.05, 0) is 12.8 Å². The van der Waals surface area contributed by atoms with Gasteiger partial charge in [0.2, 0.25) is 0 Å². The first-order chi connectivity index (χ1) is 9.09. The Morgan fingerprint density at radius 3 is 2.58 bits per heavy atom. The van der Waals surface area contributed by atoms with Crippen LogP contribution in [0.15, 0.2) is 5.38 Å². The molecule has 1 heterocycles. The van der Waals surface area contributed by atoms with Gasteiger partial charge in [-0.2, -0.15) is 0 Å². The van der Waals surface area contributed by atoms with Gasteiger partial charge in [-0.15, -0.1) is 11.3 Å². The molecule has 1 aromatic heterocycles. The molecule has 2 N–H and O–H groups in total. The zero-order valence-electron chi connectivity index (χ0n) is 12.1. The van der Waals surface area contributed by atoms with E-state index in [0.717, 1.165) is 37.9 Å². The van der Waals surface area contributed by atoms with Crippen LogP contribution in [0, 0.1) is 0 Å². The second-order valence-corrected chi connectivity index (χ2v) is 6.96. The Hall–Kier alpha value is -0.450. The van der Waals surface area contributed by atoms with Gasteiger partial charge in [0.15, 0.2) is 0 Å². The van der Waals surface area contributed by atoms with Crippen LogP contribution in [0.25, 0.3) is 0 Å². The number of aliphatic hydroxyl groups is 1. The van der Waals surface area contributed by atoms with Gasteiger partial charge in [0, 0.05) is 24.4 Å². The fourth-order valence-corrected chi connectivity index (χ4v) is 3.49. The third kappa shape index (κ3) is 4.55. The highest BCUT2D eigenvalue weighted by atomic mass is 32.1. The molecule has 19 heavy (non-hydrogen) atoms. The van der Waals surface area contributed by atoms with Gasteiger partial charge in [-0.25, -0.2) is 4.98 Å². The first-order valence-corrected chi connectivity index (χ1v) is 8.34. The number of nitrogens with one attached hydrogen (secondary N) is 1. The molecule has 0 radical (unpaired) electrons. The zero-order chi connectivity index (χ0) is 13.7. The summed E-state index contributed by atoms with van der Waals surface area (Å²) >= 11 is 1.73. The number of rotatable bonds is 5. The SMILES string of the molecule is CC(C)c1nc(CNCC2(O)CCCCCC2)cs1. The molecule has 0 amide bonds. The summed E-state index contributed by atoms with van der Waals surface area (Å²) in [7, 11) is 0. The lowest BCUT2D eigenvalue weighted by molar-refractivity contribution is 0.0250. The van der Waals surface area contributed by atoms with E-state index < -0.39 is 5.60 Å². The Bertz CT molecular complexity index is 381. The molecular formula is C15H26N2OS. The highest BCUT2D eigenvalue weighted by molar-refractivity contribution is 7.09. The summed E-state index contributed by atoms with van der Waals surface area (Å²) in [5.41, 5.74) is 0.610. The summed E-state index contributed by atoms with van der Waals surface area (Å²) in [5, 5.41) is 17.3. The molecule has 0 saturated heterocycles. The molecule has 3 nitrogen and oxygen atoms in total. The van der Waals surface area contributed by atoms with Crippen LogP contribution in [0.4, 0.5) is 0 Å². The Labute approximate surface area is 120 Å². The van der Waals surface area contributed by atoms with Gasteiger partial charge in [-0.1, -0.05) is 39.5 Å². The van der Waals surface area contributed by atoms with Crippen molar-refractivity contribution in [2.75, 3.05) is 6.54 Å². The summed E-state index contributed by atoms with van der Waals surface area (Å²) in [5.74, 6) is 0.504. The fourth-order valence-electron chi connectivity index (χ4n) is 2.66. The zero-order valence-corrected chi connectivity index (χ0v) is 12.9. The Kier molecular flexibility index (Phi) is 5.37. The van der Waals surface area contributed by atoms with Crippen molar-refractivity contribution in [1.82, 2.24) is 10.3 Å². The van der Waals surface area contributed by atoms with Crippen LogP contribution in [0.3, 0.4) is 0 Å². The predicted molar refractivity (Wildman–Crippen MR) is 80.6 cm³/mol. The smallest absolute Gasteiger partial charge is 0.0954 e. The van der Waals surface area contributed by atoms with Crippen molar-refractivity contribution in [2.24, 2.45) is 0 Å². The number of nitrogens with zero attached hydrogens (tertiary/aromatic N) is 1. The van der Waals surface area contributed by atoms with Gasteiger partial charge in [-0.3, -0.25) is 0 Å². The Balaban J connectivity index is 1.78. The van der Waals surface area contributed by atoms with Crippen molar-refractivity contribution in [1.29, 1.82) is 0 Å². The number of aromatic nitrogens is 1. The van der Waals surface area contributed by atoms with Crippen LogP contribution in [0.5, 0.6) is 0 Å². The maximum atomic E-state index is 10.5. The van der Waals surface area contributed by atoms with Crippen molar-refractivity contribution in [3.63, 3.8) is 0 Å². The third-order valence-corrected chi connectivity index (χ3v) is 5.05. The van der Waals surface area contributed by atoms with E-state index in [1.54, 1.807) is 11.3 Å². The Morgan fingerprint density at radius 1 is 1.32 bits per heavy atom. The second kappa shape index (κ2) is 6.82. The largest absolute Gasteiger partial charge is 0.389 e. The van der Waals surface area contributed by atoms with Gasteiger partial charge in [0.1, 0.15) is 0 Å². The molecule has 1 aromatic rings. The van der Waals surface area contributed by atoms with Crippen molar-refractivity contribution in [2.45, 2.75) is 70.4 Å². The maximum Gasteiger partial charge on any atom is 0.0954 e. The number of thiazole rings is 1. The van der Waals surface area contributed by atoms with E-state index in [9.17, 15) is 5.11 Å². The molecule has 0 bridgehead atoms. The van der Waals surface area contributed by atoms with E-state index in [2.05, 4.69) is 29.5 Å². The van der Waals surface area contributed by atoms with Crippen LogP contribution >= 0.6 is 11.3 Å². The molecular weight excluding hydrogens is 256 g/mol. The highest BCUT2D eigenvalue weighted by Crippen LogP contribution is 2.26. The minimum Gasteiger partial charge on any atom is -0.389 e. The van der Waals surface area contributed by atoms with E-state index in [-0.39, 0.29) is 0 Å². The minimum atomic E-state index is -0.493. The van der Waals surface area contributed by atoms with Crippen molar-refractivity contribution in [3.05, 3.63) is 16.1 Å². The quantitative estimate of drug-likeness (QED) is 0.813. The highest BCUT2D eigenvalue weighted by Gasteiger charge is 2.27. The monoisotopic (exact) mass is 282 g/mol. The van der Waals surface area contributed by atoms with Crippen LogP contribution in [-0.2, 0) is 6.54 Å². The average Bonchev–Trinajstić information content (AvgIpc) is 2.73. The topological polar surface area (TPSA) is 45.2 Å². The molecule has 0 aromatic carbocycles. The fraction of sp³-hybridized carbons (Fsp3) is 0.800. The van der Waals surface area contributed by atoms with Crippen LogP contribution in [0.1, 0.15) is 69.0 Å². The van der Waals surface area contributed by atoms with Crippen LogP contribution in [-0.4, -0.2) is 22.2 Å². The molecule has 0 aliphatic heterocycles. The molecule has 2 rings (SSSR count). The number of hydrogen-bond acceptors (Lipinski definition) is 4. The molecule has 1 aliphatic rings. The lowest BCUT2D eigenvalue weighted by Gasteiger charge is -2.26. The van der Waals surface area contributed by atoms with E-state index in [1.807, 2.05) is 0 Å². The lowest BCUT2D eigenvalue weighted by Crippen LogP contribution is -2.39. The second-order valence-electron chi connectivity index (χ2n) is 6.07. The van der Waals surface area contributed by atoms with E-state index in [0.29, 0.717) is 12.5 Å². The van der Waals surface area contributed by atoms with Gasteiger partial charge < -0.3 is 10.4 Å². The third-order valence-electron chi connectivity index (χ3n) is 3.86. The molecule has 1 fully saturated rings. The summed E-state index contributed by atoms with van der Waals surface area (Å²) in [4.78, 5) is 4.61. The maximum absolute atomic E-state index is 10.5. The standard InChI is InChI=1S/C15H26N2OS/c1-12(2)14-17-13(10-19-14)9-16-11-15(18)7-5-3-4-6-8-15/h10,12,16,18H,3-9,11H2,1-2H3. The van der Waals surface area contributed by atoms with Crippen molar-refractivity contribution in [3.8, 4) is 0 Å². The van der Waals surface area contributed by atoms with Gasteiger partial charge in [0.25, 0.3) is 0 Å². The first-order valence-electron chi connectivity index (χ1n) is 7.46. The van der Waals surface area contributed by atoms with Gasteiger partial charge >= 0.3 is 0 Å². The predicted octanol–water partition coefficient (Wildman–Crippen LogP) is 3.44. The first kappa shape index (κ1) is 14.9. The van der Waals surface area contributed by atoms with Crippen LogP contribution < -0.4 is 5.32 Å². The summed E-state index contributed by atoms with van der Waals surface area (Å²) < 4.78 is 0. The van der Waals surface area contributed by atoms with Crippen molar-refractivity contribution >= 4 is 11.3 Å². The average molecular weight is 282 g/mol. The summed E-state index contributed by atoms with van der Waals surface area (Å²) in [6.45, 7) is 5.81. The molecule has 1 aliphatic carbocycles. The van der Waals surface area contributed by atoms with Crippen molar-refractivity contribution < 1.29 is 5.11 Å². The molecule has 4 heteroatoms. The van der Waals surface area contributed by atoms with E-state index >= 15 is 0 Å². The van der Waals surface area contributed by atoms with Gasteiger partial charge in [0.05, 0.1) is 16.3 Å². The molecule has 0 unspecified atom stereocenters. The molecule has 1 saturated carbocycles. The molecule has 0 spiro atoms. The summed E-state index contributed by atoms with van der Waals surface area (Å²) in [6, 6.07) is 0. The lowest BCUT2D eigenvalue weighted by atomic mass is 9.94. The minimum absolute atomic E-state index is 0.493. The van der Waals surface area contributed by atoms with Crippen LogP contribution in [0.2, 0.25) is 0 Å². The van der Waals surface area contributed by atoms with E-state index in [1.165, 1.54) is 17.8 Å². The summed E-state index contributed by atoms with van der Waals surface area (Å²) in [6.07, 6.45) is 6.74. The Morgan fingerprint density at radius 2 is 2.00 bits per heavy atom. The number of hydrogen-bond donors (Lipinski definition) is 2. The molecule has 0 atom stereocenters. The molecule has 108 valence electrons. The normalized spacial score (nSPS) is 19.6.